The summed E-state index contributed by atoms with van der Waals surface area (Å²) in [5, 5.41) is 16.3. The van der Waals surface area contributed by atoms with Gasteiger partial charge in [0, 0.05) is 18.7 Å². The van der Waals surface area contributed by atoms with Crippen LogP contribution in [0.4, 0.5) is 5.82 Å². The molecular formula is C20H25ClN4O2. The van der Waals surface area contributed by atoms with E-state index in [9.17, 15) is 0 Å². The van der Waals surface area contributed by atoms with Gasteiger partial charge >= 0.3 is 0 Å². The standard InChI is InChI=1S/C20H25ClN4O2/c1-2-26-20(22)16-3-5-17(6-4-16)27-14-11-15-9-12-25(13-10-15)19-8-7-18(21)23-24-19/h3-8,15,22H,2,9-14H2,1H3. The van der Waals surface area contributed by atoms with Crippen LogP contribution in [-0.4, -0.2) is 42.4 Å². The Morgan fingerprint density at radius 2 is 1.89 bits per heavy atom. The Balaban J connectivity index is 1.39. The third-order valence-electron chi connectivity index (χ3n) is 4.76. The molecule has 27 heavy (non-hydrogen) atoms. The van der Waals surface area contributed by atoms with Crippen molar-refractivity contribution in [3.63, 3.8) is 0 Å². The minimum absolute atomic E-state index is 0.196. The second kappa shape index (κ2) is 9.55. The molecule has 0 amide bonds. The lowest BCUT2D eigenvalue weighted by Gasteiger charge is -2.32. The molecule has 7 heteroatoms. The van der Waals surface area contributed by atoms with Crippen LogP contribution in [0, 0.1) is 11.3 Å². The summed E-state index contributed by atoms with van der Waals surface area (Å²) in [6.45, 7) is 5.04. The minimum atomic E-state index is 0.196. The molecule has 1 aliphatic rings. The predicted octanol–water partition coefficient (Wildman–Crippen LogP) is 4.18. The largest absolute Gasteiger partial charge is 0.494 e. The van der Waals surface area contributed by atoms with Crippen molar-refractivity contribution in [1.82, 2.24) is 10.2 Å². The maximum absolute atomic E-state index is 7.78. The zero-order valence-electron chi connectivity index (χ0n) is 15.5. The first-order valence-corrected chi connectivity index (χ1v) is 9.72. The van der Waals surface area contributed by atoms with Crippen molar-refractivity contribution in [2.75, 3.05) is 31.2 Å². The van der Waals surface area contributed by atoms with Gasteiger partial charge in [0.25, 0.3) is 0 Å². The number of hydrogen-bond donors (Lipinski definition) is 1. The number of halogens is 1. The van der Waals surface area contributed by atoms with Crippen LogP contribution in [0.15, 0.2) is 36.4 Å². The Bertz CT molecular complexity index is 729. The number of hydrogen-bond acceptors (Lipinski definition) is 6. The highest BCUT2D eigenvalue weighted by molar-refractivity contribution is 6.29. The fourth-order valence-corrected chi connectivity index (χ4v) is 3.30. The molecule has 0 bridgehead atoms. The summed E-state index contributed by atoms with van der Waals surface area (Å²) in [5.41, 5.74) is 0.766. The summed E-state index contributed by atoms with van der Waals surface area (Å²) in [4.78, 5) is 2.26. The number of nitrogens with one attached hydrogen (secondary N) is 1. The average Bonchev–Trinajstić information content (AvgIpc) is 2.70. The smallest absolute Gasteiger partial charge is 0.213 e. The number of benzene rings is 1. The molecule has 0 aliphatic carbocycles. The van der Waals surface area contributed by atoms with Crippen molar-refractivity contribution in [3.05, 3.63) is 47.1 Å². The number of nitrogens with zero attached hydrogens (tertiary/aromatic N) is 3. The highest BCUT2D eigenvalue weighted by Gasteiger charge is 2.20. The van der Waals surface area contributed by atoms with E-state index < -0.39 is 0 Å². The van der Waals surface area contributed by atoms with E-state index in [0.29, 0.717) is 24.3 Å². The van der Waals surface area contributed by atoms with Gasteiger partial charge in [-0.05, 0) is 68.5 Å². The molecular weight excluding hydrogens is 364 g/mol. The van der Waals surface area contributed by atoms with Crippen molar-refractivity contribution >= 4 is 23.3 Å². The summed E-state index contributed by atoms with van der Waals surface area (Å²) >= 11 is 5.80. The first kappa shape index (κ1) is 19.4. The van der Waals surface area contributed by atoms with Gasteiger partial charge in [0.1, 0.15) is 5.75 Å². The van der Waals surface area contributed by atoms with E-state index in [1.165, 1.54) is 0 Å². The third-order valence-corrected chi connectivity index (χ3v) is 4.96. The van der Waals surface area contributed by atoms with Gasteiger partial charge in [-0.3, -0.25) is 5.41 Å². The van der Waals surface area contributed by atoms with E-state index in [1.807, 2.05) is 37.3 Å². The maximum atomic E-state index is 7.78. The van der Waals surface area contributed by atoms with Gasteiger partial charge in [0.15, 0.2) is 11.0 Å². The normalized spacial score (nSPS) is 14.8. The zero-order valence-corrected chi connectivity index (χ0v) is 16.3. The third kappa shape index (κ3) is 5.57. The Hall–Kier alpha value is -2.34. The lowest BCUT2D eigenvalue weighted by atomic mass is 9.94. The Kier molecular flexibility index (Phi) is 6.87. The second-order valence-electron chi connectivity index (χ2n) is 6.57. The van der Waals surface area contributed by atoms with Crippen molar-refractivity contribution < 1.29 is 9.47 Å². The van der Waals surface area contributed by atoms with Gasteiger partial charge in [-0.2, -0.15) is 0 Å². The van der Waals surface area contributed by atoms with Crippen molar-refractivity contribution in [2.45, 2.75) is 26.2 Å². The fourth-order valence-electron chi connectivity index (χ4n) is 3.20. The van der Waals surface area contributed by atoms with Crippen molar-refractivity contribution in [3.8, 4) is 5.75 Å². The summed E-state index contributed by atoms with van der Waals surface area (Å²) in [6, 6.07) is 11.2. The number of rotatable bonds is 7. The number of piperidine rings is 1. The molecule has 0 radical (unpaired) electrons. The van der Waals surface area contributed by atoms with Gasteiger partial charge < -0.3 is 14.4 Å². The Morgan fingerprint density at radius 3 is 2.52 bits per heavy atom. The monoisotopic (exact) mass is 388 g/mol. The minimum Gasteiger partial charge on any atom is -0.494 e. The predicted molar refractivity (Wildman–Crippen MR) is 107 cm³/mol. The highest BCUT2D eigenvalue weighted by atomic mass is 35.5. The number of aromatic nitrogens is 2. The highest BCUT2D eigenvalue weighted by Crippen LogP contribution is 2.24. The molecule has 1 aliphatic heterocycles. The molecule has 1 N–H and O–H groups in total. The van der Waals surface area contributed by atoms with Gasteiger partial charge in [-0.25, -0.2) is 0 Å². The molecule has 1 aromatic heterocycles. The lowest BCUT2D eigenvalue weighted by molar-refractivity contribution is 0.258. The molecule has 0 spiro atoms. The first-order valence-electron chi connectivity index (χ1n) is 9.34. The Morgan fingerprint density at radius 1 is 1.15 bits per heavy atom. The van der Waals surface area contributed by atoms with Crippen molar-refractivity contribution in [2.24, 2.45) is 5.92 Å². The van der Waals surface area contributed by atoms with E-state index >= 15 is 0 Å². The topological polar surface area (TPSA) is 71.3 Å². The Labute approximate surface area is 165 Å². The number of anilines is 1. The lowest BCUT2D eigenvalue weighted by Crippen LogP contribution is -2.34. The first-order chi connectivity index (χ1) is 13.2. The van der Waals surface area contributed by atoms with Crippen LogP contribution in [0.5, 0.6) is 5.75 Å². The van der Waals surface area contributed by atoms with Crippen LogP contribution in [0.2, 0.25) is 5.15 Å². The molecule has 2 heterocycles. The maximum Gasteiger partial charge on any atom is 0.213 e. The van der Waals surface area contributed by atoms with E-state index in [1.54, 1.807) is 6.07 Å². The van der Waals surface area contributed by atoms with E-state index in [2.05, 4.69) is 15.1 Å². The van der Waals surface area contributed by atoms with Gasteiger partial charge in [-0.15, -0.1) is 10.2 Å². The zero-order chi connectivity index (χ0) is 19.1. The average molecular weight is 389 g/mol. The van der Waals surface area contributed by atoms with Gasteiger partial charge in [0.05, 0.1) is 13.2 Å². The van der Waals surface area contributed by atoms with Crippen LogP contribution in [0.1, 0.15) is 31.7 Å². The molecule has 1 aromatic carbocycles. The molecule has 2 aromatic rings. The quantitative estimate of drug-likeness (QED) is 0.569. The van der Waals surface area contributed by atoms with Crippen LogP contribution >= 0.6 is 11.6 Å². The van der Waals surface area contributed by atoms with Crippen LogP contribution in [0.25, 0.3) is 0 Å². The summed E-state index contributed by atoms with van der Waals surface area (Å²) in [6.07, 6.45) is 3.28. The fraction of sp³-hybridized carbons (Fsp3) is 0.450. The second-order valence-corrected chi connectivity index (χ2v) is 6.96. The van der Waals surface area contributed by atoms with Gasteiger partial charge in [0.2, 0.25) is 5.90 Å². The molecule has 1 fully saturated rings. The molecule has 1 saturated heterocycles. The molecule has 0 unspecified atom stereocenters. The summed E-state index contributed by atoms with van der Waals surface area (Å²) in [5.74, 6) is 2.58. The van der Waals surface area contributed by atoms with Crippen LogP contribution in [-0.2, 0) is 4.74 Å². The van der Waals surface area contributed by atoms with Gasteiger partial charge in [-0.1, -0.05) is 11.6 Å². The van der Waals surface area contributed by atoms with E-state index in [4.69, 9.17) is 26.5 Å². The van der Waals surface area contributed by atoms with Crippen LogP contribution in [0.3, 0.4) is 0 Å². The molecule has 0 saturated carbocycles. The summed E-state index contributed by atoms with van der Waals surface area (Å²) in [7, 11) is 0. The van der Waals surface area contributed by atoms with E-state index in [-0.39, 0.29) is 5.90 Å². The SMILES string of the molecule is CCOC(=N)c1ccc(OCCC2CCN(c3ccc(Cl)nn3)CC2)cc1. The van der Waals surface area contributed by atoms with Crippen LogP contribution < -0.4 is 9.64 Å². The molecule has 6 nitrogen and oxygen atoms in total. The molecule has 144 valence electrons. The molecule has 3 rings (SSSR count). The van der Waals surface area contributed by atoms with E-state index in [0.717, 1.165) is 49.5 Å². The molecule has 0 atom stereocenters. The van der Waals surface area contributed by atoms with Crippen molar-refractivity contribution in [1.29, 1.82) is 5.41 Å². The summed E-state index contributed by atoms with van der Waals surface area (Å²) < 4.78 is 11.1. The number of ether oxygens (including phenoxy) is 2.